The summed E-state index contributed by atoms with van der Waals surface area (Å²) >= 11 is 6.06. The van der Waals surface area contributed by atoms with Crippen LogP contribution in [0.5, 0.6) is 0 Å². The first-order valence-corrected chi connectivity index (χ1v) is 6.84. The Morgan fingerprint density at radius 1 is 1.50 bits per heavy atom. The van der Waals surface area contributed by atoms with Crippen molar-refractivity contribution in [1.82, 2.24) is 5.32 Å². The van der Waals surface area contributed by atoms with Crippen LogP contribution < -0.4 is 10.2 Å². The van der Waals surface area contributed by atoms with E-state index in [9.17, 15) is 0 Å². The Hall–Kier alpha value is -0.770. The molecule has 1 fully saturated rings. The SMILES string of the molecule is CNCc1cc(Cl)ccc1N(C)CC1CCCO1. The molecule has 1 heterocycles. The van der Waals surface area contributed by atoms with Gasteiger partial charge in [-0.25, -0.2) is 0 Å². The molecule has 1 aliphatic rings. The van der Waals surface area contributed by atoms with Gasteiger partial charge in [0.05, 0.1) is 6.10 Å². The van der Waals surface area contributed by atoms with Crippen molar-refractivity contribution in [3.8, 4) is 0 Å². The Morgan fingerprint density at radius 3 is 3.00 bits per heavy atom. The number of hydrogen-bond acceptors (Lipinski definition) is 3. The molecule has 1 aromatic rings. The van der Waals surface area contributed by atoms with Crippen molar-refractivity contribution in [3.63, 3.8) is 0 Å². The number of anilines is 1. The van der Waals surface area contributed by atoms with Gasteiger partial charge in [0.2, 0.25) is 0 Å². The van der Waals surface area contributed by atoms with E-state index < -0.39 is 0 Å². The van der Waals surface area contributed by atoms with Crippen LogP contribution in [0.15, 0.2) is 18.2 Å². The molecule has 18 heavy (non-hydrogen) atoms. The maximum Gasteiger partial charge on any atom is 0.0750 e. The summed E-state index contributed by atoms with van der Waals surface area (Å²) in [6.45, 7) is 2.67. The standard InChI is InChI=1S/C14H21ClN2O/c1-16-9-11-8-12(15)5-6-14(11)17(2)10-13-4-3-7-18-13/h5-6,8,13,16H,3-4,7,9-10H2,1-2H3. The minimum atomic E-state index is 0.369. The van der Waals surface area contributed by atoms with Crippen LogP contribution in [0.2, 0.25) is 5.02 Å². The number of ether oxygens (including phenoxy) is 1. The van der Waals surface area contributed by atoms with E-state index in [4.69, 9.17) is 16.3 Å². The van der Waals surface area contributed by atoms with Crippen LogP contribution in [0.4, 0.5) is 5.69 Å². The van der Waals surface area contributed by atoms with Crippen LogP contribution in [0, 0.1) is 0 Å². The lowest BCUT2D eigenvalue weighted by molar-refractivity contribution is 0.116. The summed E-state index contributed by atoms with van der Waals surface area (Å²) in [4.78, 5) is 2.26. The van der Waals surface area contributed by atoms with E-state index in [1.165, 1.54) is 24.1 Å². The molecular formula is C14H21ClN2O. The number of hydrogen-bond donors (Lipinski definition) is 1. The number of nitrogens with one attached hydrogen (secondary N) is 1. The molecule has 100 valence electrons. The first kappa shape index (κ1) is 13.7. The van der Waals surface area contributed by atoms with Gasteiger partial charge in [0, 0.05) is 37.5 Å². The summed E-state index contributed by atoms with van der Waals surface area (Å²) in [5.74, 6) is 0. The van der Waals surface area contributed by atoms with Crippen molar-refractivity contribution in [3.05, 3.63) is 28.8 Å². The van der Waals surface area contributed by atoms with Gasteiger partial charge >= 0.3 is 0 Å². The molecule has 1 unspecified atom stereocenters. The summed E-state index contributed by atoms with van der Waals surface area (Å²) in [6.07, 6.45) is 2.72. The van der Waals surface area contributed by atoms with Gasteiger partial charge in [0.1, 0.15) is 0 Å². The van der Waals surface area contributed by atoms with Crippen molar-refractivity contribution in [1.29, 1.82) is 0 Å². The van der Waals surface area contributed by atoms with E-state index in [2.05, 4.69) is 23.3 Å². The highest BCUT2D eigenvalue weighted by Gasteiger charge is 2.18. The van der Waals surface area contributed by atoms with E-state index in [1.807, 2.05) is 19.2 Å². The van der Waals surface area contributed by atoms with Crippen molar-refractivity contribution >= 4 is 17.3 Å². The van der Waals surface area contributed by atoms with Gasteiger partial charge in [-0.1, -0.05) is 11.6 Å². The second-order valence-corrected chi connectivity index (χ2v) is 5.26. The summed E-state index contributed by atoms with van der Waals surface area (Å²) in [5.41, 5.74) is 2.45. The van der Waals surface area contributed by atoms with Crippen LogP contribution in [0.3, 0.4) is 0 Å². The van der Waals surface area contributed by atoms with Gasteiger partial charge < -0.3 is 15.0 Å². The van der Waals surface area contributed by atoms with Gasteiger partial charge in [-0.05, 0) is 43.7 Å². The van der Waals surface area contributed by atoms with Crippen LogP contribution in [-0.2, 0) is 11.3 Å². The molecule has 1 aliphatic heterocycles. The highest BCUT2D eigenvalue weighted by Crippen LogP contribution is 2.25. The van der Waals surface area contributed by atoms with Gasteiger partial charge in [-0.15, -0.1) is 0 Å². The Morgan fingerprint density at radius 2 is 2.33 bits per heavy atom. The fraction of sp³-hybridized carbons (Fsp3) is 0.571. The lowest BCUT2D eigenvalue weighted by Crippen LogP contribution is -2.29. The molecule has 2 rings (SSSR count). The molecule has 0 aromatic heterocycles. The van der Waals surface area contributed by atoms with Crippen molar-refractivity contribution in [2.24, 2.45) is 0 Å². The maximum absolute atomic E-state index is 6.06. The Bertz CT molecular complexity index is 391. The quantitative estimate of drug-likeness (QED) is 0.889. The second-order valence-electron chi connectivity index (χ2n) is 4.82. The average Bonchev–Trinajstić information content (AvgIpc) is 2.82. The minimum absolute atomic E-state index is 0.369. The van der Waals surface area contributed by atoms with Crippen LogP contribution in [-0.4, -0.2) is 33.4 Å². The molecule has 0 aliphatic carbocycles. The average molecular weight is 269 g/mol. The third kappa shape index (κ3) is 3.37. The smallest absolute Gasteiger partial charge is 0.0750 e. The highest BCUT2D eigenvalue weighted by atomic mass is 35.5. The van der Waals surface area contributed by atoms with Crippen molar-refractivity contribution < 1.29 is 4.74 Å². The molecule has 0 saturated carbocycles. The molecule has 0 spiro atoms. The largest absolute Gasteiger partial charge is 0.376 e. The number of benzene rings is 1. The Balaban J connectivity index is 2.09. The number of nitrogens with zero attached hydrogens (tertiary/aromatic N) is 1. The summed E-state index contributed by atoms with van der Waals surface area (Å²) in [6, 6.07) is 6.06. The zero-order valence-electron chi connectivity index (χ0n) is 11.1. The maximum atomic E-state index is 6.06. The fourth-order valence-corrected chi connectivity index (χ4v) is 2.65. The summed E-state index contributed by atoms with van der Waals surface area (Å²) in [5, 5.41) is 3.97. The lowest BCUT2D eigenvalue weighted by atomic mass is 10.1. The number of likely N-dealkylation sites (N-methyl/N-ethyl adjacent to an activating group) is 1. The normalized spacial score (nSPS) is 19.2. The predicted octanol–water partition coefficient (Wildman–Crippen LogP) is 2.67. The van der Waals surface area contributed by atoms with E-state index in [0.717, 1.165) is 24.7 Å². The Kier molecular flexibility index (Phi) is 4.87. The monoisotopic (exact) mass is 268 g/mol. The van der Waals surface area contributed by atoms with E-state index in [-0.39, 0.29) is 0 Å². The Labute approximate surface area is 114 Å². The second kappa shape index (κ2) is 6.41. The van der Waals surface area contributed by atoms with E-state index >= 15 is 0 Å². The van der Waals surface area contributed by atoms with Crippen LogP contribution in [0.25, 0.3) is 0 Å². The molecule has 4 heteroatoms. The molecule has 1 atom stereocenters. The predicted molar refractivity (Wildman–Crippen MR) is 76.5 cm³/mol. The summed E-state index contributed by atoms with van der Waals surface area (Å²) < 4.78 is 5.69. The summed E-state index contributed by atoms with van der Waals surface area (Å²) in [7, 11) is 4.06. The lowest BCUT2D eigenvalue weighted by Gasteiger charge is -2.25. The molecule has 1 N–H and O–H groups in total. The fourth-order valence-electron chi connectivity index (χ4n) is 2.45. The minimum Gasteiger partial charge on any atom is -0.376 e. The van der Waals surface area contributed by atoms with Gasteiger partial charge in [-0.3, -0.25) is 0 Å². The molecule has 0 bridgehead atoms. The zero-order chi connectivity index (χ0) is 13.0. The topological polar surface area (TPSA) is 24.5 Å². The third-order valence-corrected chi connectivity index (χ3v) is 3.56. The van der Waals surface area contributed by atoms with Crippen LogP contribution in [0.1, 0.15) is 18.4 Å². The van der Waals surface area contributed by atoms with Crippen molar-refractivity contribution in [2.45, 2.75) is 25.5 Å². The third-order valence-electron chi connectivity index (χ3n) is 3.32. The first-order valence-electron chi connectivity index (χ1n) is 6.46. The van der Waals surface area contributed by atoms with Gasteiger partial charge in [-0.2, -0.15) is 0 Å². The molecule has 0 amide bonds. The van der Waals surface area contributed by atoms with Crippen molar-refractivity contribution in [2.75, 3.05) is 32.1 Å². The molecule has 0 radical (unpaired) electrons. The van der Waals surface area contributed by atoms with E-state index in [1.54, 1.807) is 0 Å². The number of halogens is 1. The molecule has 3 nitrogen and oxygen atoms in total. The van der Waals surface area contributed by atoms with Gasteiger partial charge in [0.25, 0.3) is 0 Å². The van der Waals surface area contributed by atoms with Crippen LogP contribution >= 0.6 is 11.6 Å². The molecular weight excluding hydrogens is 248 g/mol. The highest BCUT2D eigenvalue weighted by molar-refractivity contribution is 6.30. The van der Waals surface area contributed by atoms with E-state index in [0.29, 0.717) is 6.10 Å². The molecule has 1 saturated heterocycles. The number of rotatable bonds is 5. The van der Waals surface area contributed by atoms with Gasteiger partial charge in [0.15, 0.2) is 0 Å². The molecule has 1 aromatic carbocycles. The first-order chi connectivity index (χ1) is 8.70. The zero-order valence-corrected chi connectivity index (χ0v) is 11.8.